The molecule has 0 aliphatic carbocycles. The summed E-state index contributed by atoms with van der Waals surface area (Å²) in [5.74, 6) is -0.151. The zero-order valence-electron chi connectivity index (χ0n) is 11.4. The fourth-order valence-corrected chi connectivity index (χ4v) is 3.53. The van der Waals surface area contributed by atoms with E-state index in [2.05, 4.69) is 4.72 Å². The Morgan fingerprint density at radius 3 is 2.43 bits per heavy atom. The van der Waals surface area contributed by atoms with Gasteiger partial charge in [-0.25, -0.2) is 8.42 Å². The average molecular weight is 344 g/mol. The van der Waals surface area contributed by atoms with Crippen LogP contribution in [0.5, 0.6) is 0 Å². The van der Waals surface area contributed by atoms with E-state index in [4.69, 9.17) is 23.2 Å². The molecule has 3 nitrogen and oxygen atoms in total. The molecule has 0 fully saturated rings. The molecule has 21 heavy (non-hydrogen) atoms. The van der Waals surface area contributed by atoms with Gasteiger partial charge in [0.05, 0.1) is 21.5 Å². The van der Waals surface area contributed by atoms with Crippen molar-refractivity contribution in [3.63, 3.8) is 0 Å². The largest absolute Gasteiger partial charge is 0.283 e. The Balaban J connectivity index is 2.20. The van der Waals surface area contributed by atoms with Crippen molar-refractivity contribution >= 4 is 38.9 Å². The summed E-state index contributed by atoms with van der Waals surface area (Å²) >= 11 is 11.7. The van der Waals surface area contributed by atoms with Gasteiger partial charge < -0.3 is 0 Å². The van der Waals surface area contributed by atoms with Gasteiger partial charge in [-0.05, 0) is 35.7 Å². The lowest BCUT2D eigenvalue weighted by atomic mass is 10.1. The van der Waals surface area contributed by atoms with Crippen LogP contribution >= 0.6 is 23.2 Å². The molecule has 0 aromatic heterocycles. The lowest BCUT2D eigenvalue weighted by Gasteiger charge is -2.12. The molecule has 2 rings (SSSR count). The van der Waals surface area contributed by atoms with E-state index in [0.29, 0.717) is 21.3 Å². The number of halogens is 2. The van der Waals surface area contributed by atoms with E-state index < -0.39 is 10.0 Å². The van der Waals surface area contributed by atoms with Gasteiger partial charge in [-0.3, -0.25) is 4.72 Å². The van der Waals surface area contributed by atoms with Crippen molar-refractivity contribution < 1.29 is 8.42 Å². The maximum absolute atomic E-state index is 12.2. The number of nitrogens with one attached hydrogen (secondary N) is 1. The van der Waals surface area contributed by atoms with E-state index in [1.165, 1.54) is 0 Å². The Bertz CT molecular complexity index is 745. The first-order valence-corrected chi connectivity index (χ1v) is 8.84. The maximum Gasteiger partial charge on any atom is 0.236 e. The molecule has 2 aromatic rings. The van der Waals surface area contributed by atoms with Crippen LogP contribution in [0.2, 0.25) is 10.0 Å². The smallest absolute Gasteiger partial charge is 0.236 e. The summed E-state index contributed by atoms with van der Waals surface area (Å²) in [6.45, 7) is 1.98. The molecule has 0 saturated heterocycles. The predicted octanol–water partition coefficient (Wildman–Crippen LogP) is 4.50. The number of aryl methyl sites for hydroxylation is 1. The van der Waals surface area contributed by atoms with Crippen LogP contribution in [0.15, 0.2) is 42.5 Å². The van der Waals surface area contributed by atoms with E-state index in [0.717, 1.165) is 12.0 Å². The highest BCUT2D eigenvalue weighted by Gasteiger charge is 2.14. The van der Waals surface area contributed by atoms with Gasteiger partial charge in [0.15, 0.2) is 0 Å². The summed E-state index contributed by atoms with van der Waals surface area (Å²) in [6.07, 6.45) is 0.755. The number of hydrogen-bond donors (Lipinski definition) is 1. The molecule has 0 saturated carbocycles. The third-order valence-electron chi connectivity index (χ3n) is 3.00. The molecule has 112 valence electrons. The second kappa shape index (κ2) is 6.69. The molecule has 0 aliphatic rings. The van der Waals surface area contributed by atoms with Gasteiger partial charge >= 0.3 is 0 Å². The molecule has 1 N–H and O–H groups in total. The number of anilines is 1. The summed E-state index contributed by atoms with van der Waals surface area (Å²) in [4.78, 5) is 0. The van der Waals surface area contributed by atoms with E-state index in [-0.39, 0.29) is 5.75 Å². The van der Waals surface area contributed by atoms with Crippen LogP contribution in [0, 0.1) is 0 Å². The van der Waals surface area contributed by atoms with Crippen LogP contribution in [-0.4, -0.2) is 8.42 Å². The SMILES string of the molecule is CCc1ccccc1NS(=O)(=O)Cc1ccc(Cl)c(Cl)c1. The maximum atomic E-state index is 12.2. The van der Waals surface area contributed by atoms with Crippen molar-refractivity contribution in [2.45, 2.75) is 19.1 Å². The number of sulfonamides is 1. The molecule has 0 bridgehead atoms. The van der Waals surface area contributed by atoms with Gasteiger partial charge in [-0.2, -0.15) is 0 Å². The Kier molecular flexibility index (Phi) is 5.14. The zero-order valence-corrected chi connectivity index (χ0v) is 13.8. The minimum absolute atomic E-state index is 0.151. The predicted molar refractivity (Wildman–Crippen MR) is 88.5 cm³/mol. The second-order valence-corrected chi connectivity index (χ2v) is 7.16. The first-order chi connectivity index (χ1) is 9.91. The molecule has 0 heterocycles. The summed E-state index contributed by atoms with van der Waals surface area (Å²) in [7, 11) is -3.50. The van der Waals surface area contributed by atoms with Crippen LogP contribution in [0.1, 0.15) is 18.1 Å². The van der Waals surface area contributed by atoms with E-state index in [1.807, 2.05) is 19.1 Å². The normalized spacial score (nSPS) is 11.4. The summed E-state index contributed by atoms with van der Waals surface area (Å²) in [6, 6.07) is 12.1. The monoisotopic (exact) mass is 343 g/mol. The molecule has 0 amide bonds. The third kappa shape index (κ3) is 4.37. The summed E-state index contributed by atoms with van der Waals surface area (Å²) in [5.41, 5.74) is 2.15. The van der Waals surface area contributed by atoms with Gasteiger partial charge in [-0.1, -0.05) is 54.4 Å². The molecule has 0 unspecified atom stereocenters. The van der Waals surface area contributed by atoms with Gasteiger partial charge in [0, 0.05) is 0 Å². The van der Waals surface area contributed by atoms with Crippen LogP contribution in [0.3, 0.4) is 0 Å². The van der Waals surface area contributed by atoms with E-state index in [9.17, 15) is 8.42 Å². The molecule has 0 spiro atoms. The van der Waals surface area contributed by atoms with E-state index >= 15 is 0 Å². The molecule has 2 aromatic carbocycles. The highest BCUT2D eigenvalue weighted by Crippen LogP contribution is 2.24. The van der Waals surface area contributed by atoms with Crippen molar-refractivity contribution in [3.8, 4) is 0 Å². The summed E-state index contributed by atoms with van der Waals surface area (Å²) < 4.78 is 27.1. The molecular weight excluding hydrogens is 329 g/mol. The molecule has 0 aliphatic heterocycles. The van der Waals surface area contributed by atoms with Crippen molar-refractivity contribution in [2.24, 2.45) is 0 Å². The molecular formula is C15H15Cl2NO2S. The third-order valence-corrected chi connectivity index (χ3v) is 4.99. The second-order valence-electron chi connectivity index (χ2n) is 4.62. The van der Waals surface area contributed by atoms with Crippen LogP contribution in [0.25, 0.3) is 0 Å². The summed E-state index contributed by atoms with van der Waals surface area (Å²) in [5, 5.41) is 0.750. The van der Waals surface area contributed by atoms with Crippen molar-refractivity contribution in [3.05, 3.63) is 63.6 Å². The number of para-hydroxylation sites is 1. The first kappa shape index (κ1) is 16.1. The first-order valence-electron chi connectivity index (χ1n) is 6.43. The fourth-order valence-electron chi connectivity index (χ4n) is 1.98. The topological polar surface area (TPSA) is 46.2 Å². The Hall–Kier alpha value is -1.23. The Morgan fingerprint density at radius 2 is 1.76 bits per heavy atom. The van der Waals surface area contributed by atoms with Gasteiger partial charge in [-0.15, -0.1) is 0 Å². The zero-order chi connectivity index (χ0) is 15.5. The van der Waals surface area contributed by atoms with Crippen LogP contribution < -0.4 is 4.72 Å². The lowest BCUT2D eigenvalue weighted by molar-refractivity contribution is 0.600. The van der Waals surface area contributed by atoms with Gasteiger partial charge in [0.2, 0.25) is 10.0 Å². The number of hydrogen-bond acceptors (Lipinski definition) is 2. The molecule has 0 atom stereocenters. The number of rotatable bonds is 5. The van der Waals surface area contributed by atoms with Gasteiger partial charge in [0.1, 0.15) is 0 Å². The van der Waals surface area contributed by atoms with Crippen LogP contribution in [-0.2, 0) is 22.2 Å². The average Bonchev–Trinajstić information content (AvgIpc) is 2.43. The van der Waals surface area contributed by atoms with Gasteiger partial charge in [0.25, 0.3) is 0 Å². The highest BCUT2D eigenvalue weighted by molar-refractivity contribution is 7.91. The Morgan fingerprint density at radius 1 is 1.05 bits per heavy atom. The molecule has 6 heteroatoms. The lowest BCUT2D eigenvalue weighted by Crippen LogP contribution is -2.16. The van der Waals surface area contributed by atoms with E-state index in [1.54, 1.807) is 30.3 Å². The minimum Gasteiger partial charge on any atom is -0.283 e. The molecule has 0 radical (unpaired) electrons. The van der Waals surface area contributed by atoms with Crippen molar-refractivity contribution in [1.29, 1.82) is 0 Å². The highest BCUT2D eigenvalue weighted by atomic mass is 35.5. The standard InChI is InChI=1S/C15H15Cl2NO2S/c1-2-12-5-3-4-6-15(12)18-21(19,20)10-11-7-8-13(16)14(17)9-11/h3-9,18H,2,10H2,1H3. The fraction of sp³-hybridized carbons (Fsp3) is 0.200. The quantitative estimate of drug-likeness (QED) is 0.868. The van der Waals surface area contributed by atoms with Crippen LogP contribution in [0.4, 0.5) is 5.69 Å². The minimum atomic E-state index is -3.50. The van der Waals surface area contributed by atoms with Crippen molar-refractivity contribution in [1.82, 2.24) is 0 Å². The number of benzene rings is 2. The Labute approximate surface area is 135 Å². The van der Waals surface area contributed by atoms with Crippen molar-refractivity contribution in [2.75, 3.05) is 4.72 Å².